The van der Waals surface area contributed by atoms with Crippen molar-refractivity contribution in [3.05, 3.63) is 114 Å². The number of benzene rings is 4. The molecule has 0 heterocycles. The van der Waals surface area contributed by atoms with Crippen LogP contribution in [0, 0.1) is 26.6 Å². The fourth-order valence-electron chi connectivity index (χ4n) is 3.86. The van der Waals surface area contributed by atoms with Gasteiger partial charge in [-0.25, -0.2) is 21.2 Å². The number of rotatable bonds is 9. The maximum absolute atomic E-state index is 13.4. The number of carbonyl (C=O) groups excluding carboxylic acids is 1. The van der Waals surface area contributed by atoms with Crippen molar-refractivity contribution in [2.75, 3.05) is 20.9 Å². The molecule has 4 aromatic carbocycles. The van der Waals surface area contributed by atoms with Crippen molar-refractivity contribution in [3.8, 4) is 0 Å². The van der Waals surface area contributed by atoms with Crippen molar-refractivity contribution in [2.45, 2.75) is 30.6 Å². The molecule has 2 N–H and O–H groups in total. The number of hydrogen-bond donors (Lipinski definition) is 2. The van der Waals surface area contributed by atoms with E-state index in [1.807, 2.05) is 26.0 Å². The van der Waals surface area contributed by atoms with Crippen molar-refractivity contribution in [1.82, 2.24) is 0 Å². The van der Waals surface area contributed by atoms with Crippen LogP contribution in [0.3, 0.4) is 0 Å². The first-order valence-corrected chi connectivity index (χ1v) is 15.1. The topological polar surface area (TPSA) is 113 Å². The maximum Gasteiger partial charge on any atom is 0.264 e. The molecular weight excluding hydrogens is 553 g/mol. The lowest BCUT2D eigenvalue weighted by atomic mass is 10.1. The van der Waals surface area contributed by atoms with Gasteiger partial charge in [0.1, 0.15) is 12.4 Å². The zero-order chi connectivity index (χ0) is 29.1. The fraction of sp³-hybridized carbons (Fsp3) is 0.138. The molecule has 1 amide bonds. The summed E-state index contributed by atoms with van der Waals surface area (Å²) in [5.41, 5.74) is 3.57. The van der Waals surface area contributed by atoms with Gasteiger partial charge in [0.15, 0.2) is 0 Å². The van der Waals surface area contributed by atoms with Gasteiger partial charge in [-0.15, -0.1) is 0 Å². The zero-order valence-electron chi connectivity index (χ0n) is 22.1. The second-order valence-corrected chi connectivity index (χ2v) is 12.8. The third-order valence-electron chi connectivity index (χ3n) is 6.10. The number of nitrogens with one attached hydrogen (secondary N) is 2. The number of hydrogen-bond acceptors (Lipinski definition) is 5. The first-order chi connectivity index (χ1) is 18.8. The number of aryl methyl sites for hydroxylation is 3. The average Bonchev–Trinajstić information content (AvgIpc) is 2.90. The molecule has 0 aliphatic carbocycles. The van der Waals surface area contributed by atoms with E-state index in [0.29, 0.717) is 5.69 Å². The summed E-state index contributed by atoms with van der Waals surface area (Å²) in [5, 5.41) is 2.61. The number of carbonyl (C=O) groups is 1. The third-order valence-corrected chi connectivity index (χ3v) is 9.27. The van der Waals surface area contributed by atoms with Crippen LogP contribution in [0.5, 0.6) is 0 Å². The smallest absolute Gasteiger partial charge is 0.264 e. The van der Waals surface area contributed by atoms with Crippen molar-refractivity contribution in [3.63, 3.8) is 0 Å². The molecule has 208 valence electrons. The van der Waals surface area contributed by atoms with Gasteiger partial charge < -0.3 is 5.32 Å². The quantitative estimate of drug-likeness (QED) is 0.275. The van der Waals surface area contributed by atoms with E-state index in [2.05, 4.69) is 10.0 Å². The van der Waals surface area contributed by atoms with E-state index in [9.17, 15) is 26.0 Å². The van der Waals surface area contributed by atoms with Crippen LogP contribution in [0.1, 0.15) is 16.7 Å². The van der Waals surface area contributed by atoms with Crippen LogP contribution in [-0.4, -0.2) is 29.3 Å². The van der Waals surface area contributed by atoms with Gasteiger partial charge in [-0.05, 0) is 98.6 Å². The molecule has 0 unspecified atom stereocenters. The van der Waals surface area contributed by atoms with E-state index in [1.165, 1.54) is 24.3 Å². The van der Waals surface area contributed by atoms with Crippen molar-refractivity contribution < 1.29 is 26.0 Å². The SMILES string of the molecule is Cc1ccc(N(CC(=O)Nc2ccc(S(=O)(=O)Nc3cc(C)ccc3C)cc2)S(=O)(=O)c2ccc(F)cc2)cc1. The van der Waals surface area contributed by atoms with Gasteiger partial charge in [-0.3, -0.25) is 13.8 Å². The zero-order valence-corrected chi connectivity index (χ0v) is 23.7. The molecule has 40 heavy (non-hydrogen) atoms. The average molecular weight is 582 g/mol. The summed E-state index contributed by atoms with van der Waals surface area (Å²) in [6.07, 6.45) is 0. The summed E-state index contributed by atoms with van der Waals surface area (Å²) >= 11 is 0. The lowest BCUT2D eigenvalue weighted by molar-refractivity contribution is -0.114. The Kier molecular flexibility index (Phi) is 8.26. The predicted molar refractivity (Wildman–Crippen MR) is 154 cm³/mol. The van der Waals surface area contributed by atoms with Gasteiger partial charge in [0, 0.05) is 5.69 Å². The lowest BCUT2D eigenvalue weighted by Gasteiger charge is -2.24. The molecular formula is C29H28FN3O5S2. The Bertz CT molecular complexity index is 1740. The number of halogens is 1. The molecule has 0 fully saturated rings. The highest BCUT2D eigenvalue weighted by Crippen LogP contribution is 2.25. The molecule has 4 aromatic rings. The summed E-state index contributed by atoms with van der Waals surface area (Å²) < 4.78 is 69.6. The minimum Gasteiger partial charge on any atom is -0.325 e. The van der Waals surface area contributed by atoms with Gasteiger partial charge >= 0.3 is 0 Å². The molecule has 0 aliphatic heterocycles. The molecule has 8 nitrogen and oxygen atoms in total. The number of sulfonamides is 2. The summed E-state index contributed by atoms with van der Waals surface area (Å²) in [4.78, 5) is 12.8. The number of nitrogens with zero attached hydrogens (tertiary/aromatic N) is 1. The van der Waals surface area contributed by atoms with Gasteiger partial charge in [0.2, 0.25) is 5.91 Å². The Labute approximate surface area is 233 Å². The normalized spacial score (nSPS) is 11.6. The van der Waals surface area contributed by atoms with E-state index >= 15 is 0 Å². The Hall–Kier alpha value is -4.22. The van der Waals surface area contributed by atoms with Gasteiger partial charge in [-0.2, -0.15) is 0 Å². The molecule has 0 atom stereocenters. The Morgan fingerprint density at radius 3 is 1.95 bits per heavy atom. The fourth-order valence-corrected chi connectivity index (χ4v) is 6.40. The monoisotopic (exact) mass is 581 g/mol. The predicted octanol–water partition coefficient (Wildman–Crippen LogP) is 5.39. The van der Waals surface area contributed by atoms with E-state index in [4.69, 9.17) is 0 Å². The van der Waals surface area contributed by atoms with E-state index in [-0.39, 0.29) is 21.2 Å². The van der Waals surface area contributed by atoms with E-state index < -0.39 is 38.3 Å². The van der Waals surface area contributed by atoms with Crippen molar-refractivity contribution in [2.24, 2.45) is 0 Å². The third kappa shape index (κ3) is 6.67. The van der Waals surface area contributed by atoms with Crippen LogP contribution < -0.4 is 14.3 Å². The van der Waals surface area contributed by atoms with Crippen LogP contribution in [-0.2, 0) is 24.8 Å². The van der Waals surface area contributed by atoms with Crippen LogP contribution in [0.4, 0.5) is 21.5 Å². The molecule has 0 saturated carbocycles. The highest BCUT2D eigenvalue weighted by atomic mass is 32.2. The largest absolute Gasteiger partial charge is 0.325 e. The van der Waals surface area contributed by atoms with Crippen molar-refractivity contribution in [1.29, 1.82) is 0 Å². The first kappa shape index (κ1) is 28.8. The highest BCUT2D eigenvalue weighted by molar-refractivity contribution is 7.93. The molecule has 0 saturated heterocycles. The van der Waals surface area contributed by atoms with Gasteiger partial charge in [-0.1, -0.05) is 29.8 Å². The second kappa shape index (κ2) is 11.5. The first-order valence-electron chi connectivity index (χ1n) is 12.2. The number of amides is 1. The van der Waals surface area contributed by atoms with Gasteiger partial charge in [0.25, 0.3) is 20.0 Å². The van der Waals surface area contributed by atoms with Crippen LogP contribution in [0.15, 0.2) is 101 Å². The minimum absolute atomic E-state index is 0.00780. The molecule has 4 rings (SSSR count). The summed E-state index contributed by atoms with van der Waals surface area (Å²) in [6.45, 7) is 4.93. The van der Waals surface area contributed by atoms with Crippen LogP contribution >= 0.6 is 0 Å². The molecule has 0 bridgehead atoms. The standard InChI is InChI=1S/C29H28FN3O5S2/c1-20-5-12-25(13-6-20)33(40(37,38)27-14-8-23(30)9-15-27)19-29(34)31-24-10-16-26(17-11-24)39(35,36)32-28-18-21(2)4-7-22(28)3/h4-18,32H,19H2,1-3H3,(H,31,34). The Morgan fingerprint density at radius 1 is 0.750 bits per heavy atom. The maximum atomic E-state index is 13.4. The minimum atomic E-state index is -4.22. The molecule has 0 aliphatic rings. The van der Waals surface area contributed by atoms with Crippen LogP contribution in [0.2, 0.25) is 0 Å². The summed E-state index contributed by atoms with van der Waals surface area (Å²) in [7, 11) is -8.10. The Morgan fingerprint density at radius 2 is 1.32 bits per heavy atom. The molecule has 0 aromatic heterocycles. The van der Waals surface area contributed by atoms with Crippen LogP contribution in [0.25, 0.3) is 0 Å². The molecule has 0 spiro atoms. The van der Waals surface area contributed by atoms with Crippen molar-refractivity contribution >= 4 is 43.0 Å². The molecule has 11 heteroatoms. The molecule has 0 radical (unpaired) electrons. The van der Waals surface area contributed by atoms with Gasteiger partial charge in [0.05, 0.1) is 21.2 Å². The highest BCUT2D eigenvalue weighted by Gasteiger charge is 2.27. The summed E-state index contributed by atoms with van der Waals surface area (Å²) in [6, 6.07) is 21.9. The summed E-state index contributed by atoms with van der Waals surface area (Å²) in [5.74, 6) is -1.25. The Balaban J connectivity index is 1.53. The lowest BCUT2D eigenvalue weighted by Crippen LogP contribution is -2.38. The van der Waals surface area contributed by atoms with E-state index in [0.717, 1.165) is 45.3 Å². The van der Waals surface area contributed by atoms with E-state index in [1.54, 1.807) is 37.3 Å². The number of anilines is 3. The second-order valence-electron chi connectivity index (χ2n) is 9.30.